The second kappa shape index (κ2) is 6.15. The highest BCUT2D eigenvalue weighted by molar-refractivity contribution is 5.68. The summed E-state index contributed by atoms with van der Waals surface area (Å²) in [6.45, 7) is 6.97. The van der Waals surface area contributed by atoms with Crippen molar-refractivity contribution in [1.82, 2.24) is 14.9 Å². The lowest BCUT2D eigenvalue weighted by molar-refractivity contribution is 0.0210. The van der Waals surface area contributed by atoms with E-state index in [2.05, 4.69) is 15.3 Å². The summed E-state index contributed by atoms with van der Waals surface area (Å²) >= 11 is 0. The minimum absolute atomic E-state index is 0.243. The number of nitrogens with one attached hydrogen (secondary N) is 1. The molecule has 7 heteroatoms. The summed E-state index contributed by atoms with van der Waals surface area (Å²) in [5.74, 6) is 0.976. The van der Waals surface area contributed by atoms with Crippen LogP contribution in [-0.4, -0.2) is 45.7 Å². The monoisotopic (exact) mass is 293 g/mol. The van der Waals surface area contributed by atoms with Gasteiger partial charge in [0, 0.05) is 25.3 Å². The summed E-state index contributed by atoms with van der Waals surface area (Å²) in [6.07, 6.45) is 3.08. The van der Waals surface area contributed by atoms with Crippen LogP contribution in [0.2, 0.25) is 0 Å². The number of ether oxygens (including phenoxy) is 1. The van der Waals surface area contributed by atoms with Crippen LogP contribution in [0.5, 0.6) is 0 Å². The van der Waals surface area contributed by atoms with Crippen LogP contribution >= 0.6 is 0 Å². The van der Waals surface area contributed by atoms with Gasteiger partial charge in [-0.25, -0.2) is 9.78 Å². The molecule has 1 fully saturated rings. The SMILES string of the molecule is CC(C)(C)OC(=O)N1CCC(Nc2ccnc(N)n2)CC1. The van der Waals surface area contributed by atoms with Gasteiger partial charge in [-0.1, -0.05) is 0 Å². The van der Waals surface area contributed by atoms with Crippen molar-refractivity contribution < 1.29 is 9.53 Å². The molecule has 1 aliphatic heterocycles. The normalized spacial score (nSPS) is 16.6. The Kier molecular flexibility index (Phi) is 4.50. The number of nitrogens with two attached hydrogens (primary N) is 1. The predicted octanol–water partition coefficient (Wildman–Crippen LogP) is 1.87. The highest BCUT2D eigenvalue weighted by Gasteiger charge is 2.26. The first kappa shape index (κ1) is 15.3. The molecule has 1 aliphatic rings. The number of nitrogens with zero attached hydrogens (tertiary/aromatic N) is 3. The van der Waals surface area contributed by atoms with E-state index in [1.807, 2.05) is 20.8 Å². The highest BCUT2D eigenvalue weighted by Crippen LogP contribution is 2.18. The van der Waals surface area contributed by atoms with Crippen molar-refractivity contribution in [2.75, 3.05) is 24.1 Å². The Labute approximate surface area is 124 Å². The highest BCUT2D eigenvalue weighted by atomic mass is 16.6. The molecule has 116 valence electrons. The smallest absolute Gasteiger partial charge is 0.410 e. The molecular formula is C14H23N5O2. The maximum Gasteiger partial charge on any atom is 0.410 e. The molecule has 7 nitrogen and oxygen atoms in total. The molecule has 0 aromatic carbocycles. The van der Waals surface area contributed by atoms with Crippen LogP contribution in [0, 0.1) is 0 Å². The van der Waals surface area contributed by atoms with Gasteiger partial charge in [0.2, 0.25) is 5.95 Å². The van der Waals surface area contributed by atoms with Gasteiger partial charge in [-0.05, 0) is 39.7 Å². The largest absolute Gasteiger partial charge is 0.444 e. The molecule has 0 aliphatic carbocycles. The quantitative estimate of drug-likeness (QED) is 0.864. The number of piperidine rings is 1. The minimum Gasteiger partial charge on any atom is -0.444 e. The van der Waals surface area contributed by atoms with Gasteiger partial charge in [-0.2, -0.15) is 4.98 Å². The average molecular weight is 293 g/mol. The van der Waals surface area contributed by atoms with Crippen molar-refractivity contribution in [2.24, 2.45) is 0 Å². The van der Waals surface area contributed by atoms with Gasteiger partial charge >= 0.3 is 6.09 Å². The second-order valence-electron chi connectivity index (χ2n) is 6.19. The summed E-state index contributed by atoms with van der Waals surface area (Å²) < 4.78 is 5.38. The molecule has 0 bridgehead atoms. The van der Waals surface area contributed by atoms with Gasteiger partial charge < -0.3 is 20.7 Å². The number of likely N-dealkylation sites (tertiary alicyclic amines) is 1. The molecule has 1 aromatic heterocycles. The third-order valence-electron chi connectivity index (χ3n) is 3.17. The number of nitrogen functional groups attached to an aromatic ring is 1. The zero-order chi connectivity index (χ0) is 15.5. The zero-order valence-electron chi connectivity index (χ0n) is 12.8. The summed E-state index contributed by atoms with van der Waals surface area (Å²) in [5.41, 5.74) is 5.10. The standard InChI is InChI=1S/C14H23N5O2/c1-14(2,3)21-13(20)19-8-5-10(6-9-19)17-11-4-7-16-12(15)18-11/h4,7,10H,5-6,8-9H2,1-3H3,(H3,15,16,17,18). The zero-order valence-corrected chi connectivity index (χ0v) is 12.8. The first-order valence-electron chi connectivity index (χ1n) is 7.16. The summed E-state index contributed by atoms with van der Waals surface area (Å²) in [6, 6.07) is 2.06. The van der Waals surface area contributed by atoms with E-state index in [9.17, 15) is 4.79 Å². The number of carbonyl (C=O) groups is 1. The molecule has 2 rings (SSSR count). The lowest BCUT2D eigenvalue weighted by Crippen LogP contribution is -2.44. The van der Waals surface area contributed by atoms with E-state index < -0.39 is 5.60 Å². The summed E-state index contributed by atoms with van der Waals surface area (Å²) in [4.78, 5) is 21.7. The van der Waals surface area contributed by atoms with Gasteiger partial charge in [0.05, 0.1) is 0 Å². The molecule has 2 heterocycles. The fourth-order valence-electron chi connectivity index (χ4n) is 2.20. The molecule has 0 saturated carbocycles. The van der Waals surface area contributed by atoms with E-state index in [-0.39, 0.29) is 18.1 Å². The second-order valence-corrected chi connectivity index (χ2v) is 6.19. The fourth-order valence-corrected chi connectivity index (χ4v) is 2.20. The topological polar surface area (TPSA) is 93.4 Å². The van der Waals surface area contributed by atoms with Gasteiger partial charge in [0.25, 0.3) is 0 Å². The first-order chi connectivity index (χ1) is 9.83. The Hall–Kier alpha value is -2.05. The molecule has 3 N–H and O–H groups in total. The maximum atomic E-state index is 12.0. The molecular weight excluding hydrogens is 270 g/mol. The number of amides is 1. The number of anilines is 2. The van der Waals surface area contributed by atoms with Gasteiger partial charge in [0.15, 0.2) is 0 Å². The van der Waals surface area contributed by atoms with Crippen LogP contribution < -0.4 is 11.1 Å². The van der Waals surface area contributed by atoms with Crippen LogP contribution in [0.25, 0.3) is 0 Å². The molecule has 0 spiro atoms. The van der Waals surface area contributed by atoms with Crippen LogP contribution in [0.15, 0.2) is 12.3 Å². The third-order valence-corrected chi connectivity index (χ3v) is 3.17. The molecule has 0 unspecified atom stereocenters. The van der Waals surface area contributed by atoms with Crippen LogP contribution in [0.4, 0.5) is 16.6 Å². The molecule has 0 atom stereocenters. The maximum absolute atomic E-state index is 12.0. The predicted molar refractivity (Wildman–Crippen MR) is 80.9 cm³/mol. The average Bonchev–Trinajstić information content (AvgIpc) is 2.37. The fraction of sp³-hybridized carbons (Fsp3) is 0.643. The van der Waals surface area contributed by atoms with E-state index in [0.29, 0.717) is 13.1 Å². The molecule has 0 radical (unpaired) electrons. The van der Waals surface area contributed by atoms with Crippen molar-refractivity contribution >= 4 is 17.9 Å². The Morgan fingerprint density at radius 2 is 2.10 bits per heavy atom. The van der Waals surface area contributed by atoms with Crippen LogP contribution in [-0.2, 0) is 4.74 Å². The number of hydrogen-bond acceptors (Lipinski definition) is 6. The van der Waals surface area contributed by atoms with E-state index in [1.165, 1.54) is 0 Å². The summed E-state index contributed by atoms with van der Waals surface area (Å²) in [5, 5.41) is 3.32. The van der Waals surface area contributed by atoms with Crippen LogP contribution in [0.3, 0.4) is 0 Å². The molecule has 1 aromatic rings. The van der Waals surface area contributed by atoms with Gasteiger partial charge in [-0.15, -0.1) is 0 Å². The Morgan fingerprint density at radius 1 is 1.43 bits per heavy atom. The Balaban J connectivity index is 1.82. The van der Waals surface area contributed by atoms with Crippen molar-refractivity contribution in [3.05, 3.63) is 12.3 Å². The van der Waals surface area contributed by atoms with Gasteiger partial charge in [0.1, 0.15) is 11.4 Å². The lowest BCUT2D eigenvalue weighted by atomic mass is 10.1. The third kappa shape index (κ3) is 4.77. The number of carbonyl (C=O) groups excluding carboxylic acids is 1. The molecule has 21 heavy (non-hydrogen) atoms. The Morgan fingerprint density at radius 3 is 2.67 bits per heavy atom. The van der Waals surface area contributed by atoms with Crippen LogP contribution in [0.1, 0.15) is 33.6 Å². The van der Waals surface area contributed by atoms with E-state index in [1.54, 1.807) is 17.2 Å². The summed E-state index contributed by atoms with van der Waals surface area (Å²) in [7, 11) is 0. The van der Waals surface area contributed by atoms with Crippen molar-refractivity contribution in [2.45, 2.75) is 45.3 Å². The number of rotatable bonds is 2. The van der Waals surface area contributed by atoms with Crippen molar-refractivity contribution in [3.63, 3.8) is 0 Å². The first-order valence-corrected chi connectivity index (χ1v) is 7.16. The Bertz CT molecular complexity index is 492. The van der Waals surface area contributed by atoms with Gasteiger partial charge in [-0.3, -0.25) is 0 Å². The molecule has 1 amide bonds. The minimum atomic E-state index is -0.454. The van der Waals surface area contributed by atoms with E-state index in [0.717, 1.165) is 18.7 Å². The van der Waals surface area contributed by atoms with E-state index in [4.69, 9.17) is 10.5 Å². The lowest BCUT2D eigenvalue weighted by Gasteiger charge is -2.33. The van der Waals surface area contributed by atoms with E-state index >= 15 is 0 Å². The number of aromatic nitrogens is 2. The number of hydrogen-bond donors (Lipinski definition) is 2. The molecule has 1 saturated heterocycles. The van der Waals surface area contributed by atoms with Crippen molar-refractivity contribution in [3.8, 4) is 0 Å². The van der Waals surface area contributed by atoms with Crippen molar-refractivity contribution in [1.29, 1.82) is 0 Å².